The first-order chi connectivity index (χ1) is 7.97. The van der Waals surface area contributed by atoms with E-state index in [2.05, 4.69) is 10.3 Å². The summed E-state index contributed by atoms with van der Waals surface area (Å²) >= 11 is 0. The maximum absolute atomic E-state index is 11.8. The summed E-state index contributed by atoms with van der Waals surface area (Å²) in [6.07, 6.45) is 2.47. The van der Waals surface area contributed by atoms with Crippen molar-refractivity contribution >= 4 is 21.4 Å². The molecule has 0 aliphatic heterocycles. The molecule has 0 spiro atoms. The van der Waals surface area contributed by atoms with Gasteiger partial charge in [0.25, 0.3) is 0 Å². The van der Waals surface area contributed by atoms with Crippen molar-refractivity contribution in [3.63, 3.8) is 0 Å². The molecule has 17 heavy (non-hydrogen) atoms. The topological polar surface area (TPSA) is 126 Å². The van der Waals surface area contributed by atoms with Crippen molar-refractivity contribution in [1.29, 1.82) is 5.26 Å². The number of sulfone groups is 1. The Labute approximate surface area is 98.2 Å². The third-order valence-corrected chi connectivity index (χ3v) is 3.52. The van der Waals surface area contributed by atoms with E-state index in [0.29, 0.717) is 0 Å². The van der Waals surface area contributed by atoms with Crippen LogP contribution in [0.25, 0.3) is 0 Å². The van der Waals surface area contributed by atoms with Crippen molar-refractivity contribution in [2.75, 3.05) is 18.0 Å². The number of carbonyl (C=O) groups is 1. The fraction of sp³-hybridized carbons (Fsp3) is 0.222. The van der Waals surface area contributed by atoms with Crippen LogP contribution in [-0.4, -0.2) is 31.6 Å². The molecule has 0 saturated carbocycles. The average Bonchev–Trinajstić information content (AvgIpc) is 2.26. The van der Waals surface area contributed by atoms with Crippen LogP contribution >= 0.6 is 0 Å². The number of nitriles is 1. The minimum Gasteiger partial charge on any atom is -0.396 e. The van der Waals surface area contributed by atoms with E-state index in [1.54, 1.807) is 6.07 Å². The first kappa shape index (κ1) is 12.9. The maximum Gasteiger partial charge on any atom is 0.236 e. The van der Waals surface area contributed by atoms with Crippen LogP contribution < -0.4 is 11.1 Å². The monoisotopic (exact) mass is 254 g/mol. The van der Waals surface area contributed by atoms with E-state index in [1.165, 1.54) is 18.5 Å². The molecule has 7 nitrogen and oxygen atoms in total. The van der Waals surface area contributed by atoms with Gasteiger partial charge in [0.05, 0.1) is 22.8 Å². The Kier molecular flexibility index (Phi) is 4.01. The van der Waals surface area contributed by atoms with Crippen LogP contribution in [0, 0.1) is 11.3 Å². The number of hydrogen-bond donors (Lipinski definition) is 2. The molecule has 0 atom stereocenters. The van der Waals surface area contributed by atoms with E-state index < -0.39 is 21.5 Å². The molecule has 8 heteroatoms. The summed E-state index contributed by atoms with van der Waals surface area (Å²) in [5.41, 5.74) is 5.44. The second-order valence-corrected chi connectivity index (χ2v) is 5.07. The molecule has 1 aromatic heterocycles. The second-order valence-electron chi connectivity index (χ2n) is 3.11. The van der Waals surface area contributed by atoms with Crippen LogP contribution in [-0.2, 0) is 14.6 Å². The summed E-state index contributed by atoms with van der Waals surface area (Å²) in [6.45, 7) is -0.236. The third-order valence-electron chi connectivity index (χ3n) is 1.83. The fourth-order valence-corrected chi connectivity index (χ4v) is 2.40. The summed E-state index contributed by atoms with van der Waals surface area (Å²) in [6, 6.07) is 2.90. The lowest BCUT2D eigenvalue weighted by atomic mass is 10.4. The van der Waals surface area contributed by atoms with Gasteiger partial charge in [0.1, 0.15) is 12.3 Å². The molecule has 0 aliphatic carbocycles. The van der Waals surface area contributed by atoms with Crippen LogP contribution in [0.2, 0.25) is 0 Å². The molecule has 0 aliphatic rings. The van der Waals surface area contributed by atoms with Crippen LogP contribution in [0.15, 0.2) is 23.4 Å². The molecule has 3 N–H and O–H groups in total. The third kappa shape index (κ3) is 3.42. The van der Waals surface area contributed by atoms with Gasteiger partial charge in [-0.1, -0.05) is 0 Å². The van der Waals surface area contributed by atoms with E-state index in [-0.39, 0.29) is 17.1 Å². The first-order valence-corrected chi connectivity index (χ1v) is 6.18. The van der Waals surface area contributed by atoms with Crippen molar-refractivity contribution < 1.29 is 13.2 Å². The minimum atomic E-state index is -3.81. The van der Waals surface area contributed by atoms with Gasteiger partial charge in [0, 0.05) is 6.20 Å². The van der Waals surface area contributed by atoms with Gasteiger partial charge < -0.3 is 11.1 Å². The predicted molar refractivity (Wildman–Crippen MR) is 59.3 cm³/mol. The number of aromatic nitrogens is 1. The minimum absolute atomic E-state index is 0.0133. The van der Waals surface area contributed by atoms with Crippen LogP contribution in [0.5, 0.6) is 0 Å². The molecule has 0 fully saturated rings. The maximum atomic E-state index is 11.8. The average molecular weight is 254 g/mol. The lowest BCUT2D eigenvalue weighted by Crippen LogP contribution is -2.30. The van der Waals surface area contributed by atoms with Gasteiger partial charge in [0.15, 0.2) is 9.84 Å². The zero-order chi connectivity index (χ0) is 12.9. The van der Waals surface area contributed by atoms with Crippen LogP contribution in [0.4, 0.5) is 5.69 Å². The Morgan fingerprint density at radius 2 is 2.29 bits per heavy atom. The largest absolute Gasteiger partial charge is 0.396 e. The fourth-order valence-electron chi connectivity index (χ4n) is 1.12. The Morgan fingerprint density at radius 3 is 2.88 bits per heavy atom. The molecule has 0 bridgehead atoms. The number of nitrogens with one attached hydrogen (secondary N) is 1. The van der Waals surface area contributed by atoms with Crippen LogP contribution in [0.1, 0.15) is 0 Å². The number of carbonyl (C=O) groups excluding carboxylic acids is 1. The summed E-state index contributed by atoms with van der Waals surface area (Å²) in [5, 5.41) is 10.4. The molecule has 0 saturated heterocycles. The summed E-state index contributed by atoms with van der Waals surface area (Å²) in [4.78, 5) is 14.7. The number of nitrogen functional groups attached to an aromatic ring is 1. The zero-order valence-corrected chi connectivity index (χ0v) is 9.57. The van der Waals surface area contributed by atoms with E-state index in [4.69, 9.17) is 11.0 Å². The van der Waals surface area contributed by atoms with Crippen LogP contribution in [0.3, 0.4) is 0 Å². The van der Waals surface area contributed by atoms with Crippen molar-refractivity contribution in [2.45, 2.75) is 4.90 Å². The molecule has 0 unspecified atom stereocenters. The van der Waals surface area contributed by atoms with Gasteiger partial charge in [-0.05, 0) is 6.07 Å². The number of nitrogens with two attached hydrogens (primary N) is 1. The quantitative estimate of drug-likeness (QED) is 0.669. The van der Waals surface area contributed by atoms with E-state index >= 15 is 0 Å². The van der Waals surface area contributed by atoms with Gasteiger partial charge in [-0.25, -0.2) is 8.42 Å². The summed E-state index contributed by atoms with van der Waals surface area (Å²) in [5.74, 6) is -1.49. The number of nitrogens with zero attached hydrogens (tertiary/aromatic N) is 2. The molecule has 0 radical (unpaired) electrons. The van der Waals surface area contributed by atoms with Crippen molar-refractivity contribution in [2.24, 2.45) is 0 Å². The zero-order valence-electron chi connectivity index (χ0n) is 8.75. The summed E-state index contributed by atoms with van der Waals surface area (Å²) < 4.78 is 23.6. The van der Waals surface area contributed by atoms with E-state index in [9.17, 15) is 13.2 Å². The molecule has 1 rings (SSSR count). The highest BCUT2D eigenvalue weighted by Crippen LogP contribution is 2.17. The lowest BCUT2D eigenvalue weighted by Gasteiger charge is -2.06. The Bertz CT molecular complexity index is 562. The van der Waals surface area contributed by atoms with Gasteiger partial charge in [-0.15, -0.1) is 0 Å². The smallest absolute Gasteiger partial charge is 0.236 e. The second kappa shape index (κ2) is 5.27. The van der Waals surface area contributed by atoms with Gasteiger partial charge in [-0.3, -0.25) is 9.78 Å². The highest BCUT2D eigenvalue weighted by Gasteiger charge is 2.21. The van der Waals surface area contributed by atoms with Crippen molar-refractivity contribution in [3.05, 3.63) is 18.5 Å². The molecule has 90 valence electrons. The lowest BCUT2D eigenvalue weighted by molar-refractivity contribution is -0.118. The molecule has 1 heterocycles. The van der Waals surface area contributed by atoms with E-state index in [0.717, 1.165) is 0 Å². The number of anilines is 1. The van der Waals surface area contributed by atoms with Crippen molar-refractivity contribution in [1.82, 2.24) is 10.3 Å². The molecular formula is C9H10N4O3S. The Morgan fingerprint density at radius 1 is 1.59 bits per heavy atom. The predicted octanol–water partition coefficient (Wildman–Crippen LogP) is -0.923. The number of pyridine rings is 1. The van der Waals surface area contributed by atoms with Crippen molar-refractivity contribution in [3.8, 4) is 6.07 Å². The first-order valence-electron chi connectivity index (χ1n) is 4.53. The number of rotatable bonds is 4. The normalized spacial score (nSPS) is 10.5. The van der Waals surface area contributed by atoms with Gasteiger partial charge in [0.2, 0.25) is 5.91 Å². The number of amides is 1. The Balaban J connectivity index is 2.87. The molecular weight excluding hydrogens is 244 g/mol. The van der Waals surface area contributed by atoms with Gasteiger partial charge >= 0.3 is 0 Å². The Hall–Kier alpha value is -2.14. The highest BCUT2D eigenvalue weighted by atomic mass is 32.2. The number of hydrogen-bond acceptors (Lipinski definition) is 6. The van der Waals surface area contributed by atoms with E-state index in [1.807, 2.05) is 0 Å². The van der Waals surface area contributed by atoms with Gasteiger partial charge in [-0.2, -0.15) is 5.26 Å². The molecule has 1 aromatic rings. The molecule has 0 aromatic carbocycles. The standard InChI is InChI=1S/C9H10N4O3S/c10-2-4-13-9(14)6-17(15,16)8-1-3-12-5-7(8)11/h1,3,5H,4,6,11H2,(H,13,14). The molecule has 1 amide bonds. The summed E-state index contributed by atoms with van der Waals surface area (Å²) in [7, 11) is -3.81. The SMILES string of the molecule is N#CCNC(=O)CS(=O)(=O)c1ccncc1N. The highest BCUT2D eigenvalue weighted by molar-refractivity contribution is 7.92.